The number of nitrogens with zero attached hydrogens (tertiary/aromatic N) is 6. The maximum Gasteiger partial charge on any atom is 0.267 e. The maximum absolute atomic E-state index is 13.5. The molecule has 0 amide bonds. The molecule has 0 fully saturated rings. The number of hydrogen-bond acceptors (Lipinski definition) is 5. The Morgan fingerprint density at radius 3 is 2.67 bits per heavy atom. The van der Waals surface area contributed by atoms with E-state index in [1.165, 1.54) is 11.8 Å². The third kappa shape index (κ3) is 3.30. The molecular formula is C24H17ClN6OS. The van der Waals surface area contributed by atoms with Crippen LogP contribution in [0.2, 0.25) is 5.02 Å². The summed E-state index contributed by atoms with van der Waals surface area (Å²) in [6.45, 7) is 1.98. The van der Waals surface area contributed by atoms with Crippen LogP contribution in [0.3, 0.4) is 0 Å². The van der Waals surface area contributed by atoms with Gasteiger partial charge in [0.15, 0.2) is 5.16 Å². The standard InChI is InChI=1S/C24H17ClN6OS/c1-15-6-2-4-8-19(15)30-22(32)18-7-3-5-9-20(18)31-23(30)27-28-24(31)33-14-17-13-29-12-16(25)10-11-21(29)26-17/h2-13H,14H2,1H3. The van der Waals surface area contributed by atoms with E-state index in [9.17, 15) is 4.79 Å². The summed E-state index contributed by atoms with van der Waals surface area (Å²) in [5.41, 5.74) is 4.16. The number of hydrogen-bond donors (Lipinski definition) is 0. The highest BCUT2D eigenvalue weighted by atomic mass is 35.5. The van der Waals surface area contributed by atoms with Gasteiger partial charge in [-0.25, -0.2) is 9.55 Å². The third-order valence-corrected chi connectivity index (χ3v) is 6.75. The fourth-order valence-corrected chi connectivity index (χ4v) is 5.02. The zero-order valence-corrected chi connectivity index (χ0v) is 19.1. The second-order valence-corrected chi connectivity index (χ2v) is 9.07. The van der Waals surface area contributed by atoms with Crippen molar-refractivity contribution in [1.82, 2.24) is 28.5 Å². The molecule has 33 heavy (non-hydrogen) atoms. The average Bonchev–Trinajstić information content (AvgIpc) is 3.42. The summed E-state index contributed by atoms with van der Waals surface area (Å²) in [6.07, 6.45) is 3.79. The zero-order chi connectivity index (χ0) is 22.5. The van der Waals surface area contributed by atoms with Gasteiger partial charge >= 0.3 is 0 Å². The van der Waals surface area contributed by atoms with E-state index in [2.05, 4.69) is 15.2 Å². The molecule has 0 atom stereocenters. The molecule has 6 rings (SSSR count). The van der Waals surface area contributed by atoms with Crippen LogP contribution in [0.4, 0.5) is 0 Å². The van der Waals surface area contributed by atoms with Crippen molar-refractivity contribution in [3.8, 4) is 5.69 Å². The first-order valence-electron chi connectivity index (χ1n) is 10.3. The lowest BCUT2D eigenvalue weighted by atomic mass is 10.2. The van der Waals surface area contributed by atoms with Crippen LogP contribution >= 0.6 is 23.4 Å². The SMILES string of the molecule is Cc1ccccc1-n1c(=O)c2ccccc2n2c(SCc3cn4cc(Cl)ccc4n3)nnc12. The van der Waals surface area contributed by atoms with Crippen molar-refractivity contribution < 1.29 is 0 Å². The lowest BCUT2D eigenvalue weighted by Gasteiger charge is -2.13. The molecule has 0 radical (unpaired) electrons. The zero-order valence-electron chi connectivity index (χ0n) is 17.5. The van der Waals surface area contributed by atoms with Crippen molar-refractivity contribution in [2.75, 3.05) is 0 Å². The molecule has 0 unspecified atom stereocenters. The number of thioether (sulfide) groups is 1. The summed E-state index contributed by atoms with van der Waals surface area (Å²) in [6, 6.07) is 19.0. The average molecular weight is 473 g/mol. The van der Waals surface area contributed by atoms with Crippen molar-refractivity contribution >= 4 is 45.7 Å². The van der Waals surface area contributed by atoms with E-state index in [0.717, 1.165) is 28.1 Å². The molecule has 0 spiro atoms. The Morgan fingerprint density at radius 1 is 0.970 bits per heavy atom. The highest BCUT2D eigenvalue weighted by Crippen LogP contribution is 2.26. The summed E-state index contributed by atoms with van der Waals surface area (Å²) in [4.78, 5) is 18.1. The topological polar surface area (TPSA) is 69.5 Å². The van der Waals surface area contributed by atoms with Gasteiger partial charge in [-0.2, -0.15) is 0 Å². The molecule has 0 N–H and O–H groups in total. The third-order valence-electron chi connectivity index (χ3n) is 5.57. The summed E-state index contributed by atoms with van der Waals surface area (Å²) in [7, 11) is 0. The van der Waals surface area contributed by atoms with Gasteiger partial charge in [0.05, 0.1) is 27.3 Å². The molecule has 162 valence electrons. The summed E-state index contributed by atoms with van der Waals surface area (Å²) >= 11 is 7.62. The minimum Gasteiger partial charge on any atom is -0.305 e. The van der Waals surface area contributed by atoms with Gasteiger partial charge in [-0.05, 0) is 42.8 Å². The Morgan fingerprint density at radius 2 is 1.79 bits per heavy atom. The molecule has 2 aromatic carbocycles. The predicted molar refractivity (Wildman–Crippen MR) is 131 cm³/mol. The molecule has 7 nitrogen and oxygen atoms in total. The smallest absolute Gasteiger partial charge is 0.267 e. The molecule has 9 heteroatoms. The molecule has 0 saturated carbocycles. The largest absolute Gasteiger partial charge is 0.305 e. The molecule has 0 bridgehead atoms. The van der Waals surface area contributed by atoms with E-state index in [1.807, 2.05) is 88.8 Å². The van der Waals surface area contributed by atoms with Gasteiger partial charge in [-0.3, -0.25) is 9.20 Å². The van der Waals surface area contributed by atoms with E-state index < -0.39 is 0 Å². The van der Waals surface area contributed by atoms with Crippen molar-refractivity contribution in [3.63, 3.8) is 0 Å². The minimum absolute atomic E-state index is 0.117. The number of para-hydroxylation sites is 2. The highest BCUT2D eigenvalue weighted by molar-refractivity contribution is 7.98. The molecule has 0 aliphatic heterocycles. The van der Waals surface area contributed by atoms with Crippen LogP contribution in [0.1, 0.15) is 11.3 Å². The Bertz CT molecular complexity index is 1730. The van der Waals surface area contributed by atoms with Gasteiger partial charge in [0.2, 0.25) is 5.78 Å². The first-order chi connectivity index (χ1) is 16.1. The van der Waals surface area contributed by atoms with Crippen LogP contribution in [0, 0.1) is 6.92 Å². The summed E-state index contributed by atoms with van der Waals surface area (Å²) < 4.78 is 5.49. The van der Waals surface area contributed by atoms with Crippen molar-refractivity contribution in [3.05, 3.63) is 99.7 Å². The molecule has 0 aliphatic rings. The van der Waals surface area contributed by atoms with Crippen LogP contribution in [-0.4, -0.2) is 28.5 Å². The maximum atomic E-state index is 13.5. The number of halogens is 1. The highest BCUT2D eigenvalue weighted by Gasteiger charge is 2.19. The molecule has 4 aromatic heterocycles. The van der Waals surface area contributed by atoms with Crippen LogP contribution in [0.5, 0.6) is 0 Å². The van der Waals surface area contributed by atoms with Crippen LogP contribution in [0.25, 0.3) is 28.0 Å². The number of imidazole rings is 1. The summed E-state index contributed by atoms with van der Waals surface area (Å²) in [5, 5.41) is 10.8. The second-order valence-electron chi connectivity index (χ2n) is 7.70. The van der Waals surface area contributed by atoms with Crippen molar-refractivity contribution in [2.45, 2.75) is 17.8 Å². The van der Waals surface area contributed by atoms with Gasteiger partial charge in [-0.1, -0.05) is 53.7 Å². The van der Waals surface area contributed by atoms with Crippen LogP contribution < -0.4 is 5.56 Å². The van der Waals surface area contributed by atoms with E-state index in [4.69, 9.17) is 11.6 Å². The number of fused-ring (bicyclic) bond motifs is 4. The first kappa shape index (κ1) is 20.0. The lowest BCUT2D eigenvalue weighted by Crippen LogP contribution is -2.22. The first-order valence-corrected chi connectivity index (χ1v) is 11.7. The molecule has 0 saturated heterocycles. The summed E-state index contributed by atoms with van der Waals surface area (Å²) in [5.74, 6) is 1.08. The quantitative estimate of drug-likeness (QED) is 0.340. The van der Waals surface area contributed by atoms with Gasteiger partial charge in [-0.15, -0.1) is 10.2 Å². The fraction of sp³-hybridized carbons (Fsp3) is 0.0833. The number of pyridine rings is 1. The van der Waals surface area contributed by atoms with E-state index >= 15 is 0 Å². The predicted octanol–water partition coefficient (Wildman–Crippen LogP) is 4.94. The fourth-order valence-electron chi connectivity index (χ4n) is 4.03. The van der Waals surface area contributed by atoms with E-state index in [0.29, 0.717) is 27.1 Å². The van der Waals surface area contributed by atoms with E-state index in [-0.39, 0.29) is 5.56 Å². The monoisotopic (exact) mass is 472 g/mol. The Balaban J connectivity index is 1.50. The van der Waals surface area contributed by atoms with Crippen molar-refractivity contribution in [2.24, 2.45) is 0 Å². The Hall–Kier alpha value is -3.62. The normalized spacial score (nSPS) is 11.7. The Labute approximate surface area is 197 Å². The van der Waals surface area contributed by atoms with Gasteiger partial charge in [0.25, 0.3) is 5.56 Å². The van der Waals surface area contributed by atoms with Crippen LogP contribution in [0.15, 0.2) is 83.0 Å². The van der Waals surface area contributed by atoms with Crippen LogP contribution in [-0.2, 0) is 5.75 Å². The van der Waals surface area contributed by atoms with Gasteiger partial charge < -0.3 is 4.40 Å². The van der Waals surface area contributed by atoms with Crippen molar-refractivity contribution in [1.29, 1.82) is 0 Å². The number of aryl methyl sites for hydroxylation is 1. The Kier molecular flexibility index (Phi) is 4.70. The molecule has 6 aromatic rings. The minimum atomic E-state index is -0.117. The van der Waals surface area contributed by atoms with Gasteiger partial charge in [0.1, 0.15) is 5.65 Å². The van der Waals surface area contributed by atoms with Gasteiger partial charge in [0, 0.05) is 18.1 Å². The lowest BCUT2D eigenvalue weighted by molar-refractivity contribution is 0.927. The second kappa shape index (κ2) is 7.75. The number of rotatable bonds is 4. The molecule has 0 aliphatic carbocycles. The molecular weight excluding hydrogens is 456 g/mol. The number of benzene rings is 2. The number of aromatic nitrogens is 6. The molecule has 4 heterocycles. The van der Waals surface area contributed by atoms with E-state index in [1.54, 1.807) is 4.57 Å².